The number of nitrogens with zero attached hydrogens (tertiary/aromatic N) is 2. The van der Waals surface area contributed by atoms with E-state index in [0.717, 1.165) is 9.21 Å². The van der Waals surface area contributed by atoms with Crippen molar-refractivity contribution in [1.29, 1.82) is 0 Å². The largest absolute Gasteiger partial charge is 0.260 e. The lowest BCUT2D eigenvalue weighted by Crippen LogP contribution is -1.88. The molecule has 44 valence electrons. The monoisotopic (exact) mass is 238 g/mol. The van der Waals surface area contributed by atoms with Crippen molar-refractivity contribution < 1.29 is 0 Å². The van der Waals surface area contributed by atoms with Crippen molar-refractivity contribution in [1.82, 2.24) is 9.78 Å². The average Bonchev–Trinajstić information content (AvgIpc) is 1.85. The molecule has 4 heteroatoms. The number of hydrogen-bond donors (Lipinski definition) is 0. The first kappa shape index (κ1) is 6.29. The third-order valence-electron chi connectivity index (χ3n) is 0.793. The van der Waals surface area contributed by atoms with E-state index in [9.17, 15) is 0 Å². The first-order chi connectivity index (χ1) is 3.70. The molecule has 1 aromatic rings. The number of rotatable bonds is 0. The van der Waals surface area contributed by atoms with Crippen LogP contribution in [0.2, 0.25) is 0 Å². The second kappa shape index (κ2) is 2.19. The van der Waals surface area contributed by atoms with E-state index in [0.29, 0.717) is 0 Å². The predicted molar refractivity (Wildman–Crippen MR) is 38.6 cm³/mol. The summed E-state index contributed by atoms with van der Waals surface area (Å²) in [5.74, 6) is 0. The van der Waals surface area contributed by atoms with Gasteiger partial charge in [0.2, 0.25) is 0 Å². The predicted octanol–water partition coefficient (Wildman–Crippen LogP) is 1.95. The van der Waals surface area contributed by atoms with Gasteiger partial charge in [0.05, 0.1) is 0 Å². The van der Waals surface area contributed by atoms with Gasteiger partial charge in [-0.15, -0.1) is 0 Å². The van der Waals surface area contributed by atoms with Gasteiger partial charge in [-0.1, -0.05) is 0 Å². The molecular weight excluding hydrogens is 236 g/mol. The molecule has 0 aromatic carbocycles. The van der Waals surface area contributed by atoms with Crippen molar-refractivity contribution in [2.45, 2.75) is 0 Å². The van der Waals surface area contributed by atoms with Gasteiger partial charge in [0.1, 0.15) is 9.21 Å². The fourth-order valence-electron chi connectivity index (χ4n) is 0.412. The lowest BCUT2D eigenvalue weighted by atomic mass is 10.8. The van der Waals surface area contributed by atoms with Crippen LogP contribution in [0.5, 0.6) is 0 Å². The number of hydrogen-bond acceptors (Lipinski definition) is 1. The van der Waals surface area contributed by atoms with Gasteiger partial charge in [0, 0.05) is 13.1 Å². The fourth-order valence-corrected chi connectivity index (χ4v) is 1.47. The highest BCUT2D eigenvalue weighted by atomic mass is 79.9. The molecule has 0 atom stereocenters. The molecule has 0 aliphatic rings. The van der Waals surface area contributed by atoms with Gasteiger partial charge in [-0.25, -0.2) is 0 Å². The molecule has 0 aliphatic carbocycles. The van der Waals surface area contributed by atoms with E-state index in [1.54, 1.807) is 4.68 Å². The SMILES string of the molecule is Cn1nc(Br)cc1Br. The molecule has 0 radical (unpaired) electrons. The summed E-state index contributed by atoms with van der Waals surface area (Å²) in [5.41, 5.74) is 0. The van der Waals surface area contributed by atoms with E-state index in [-0.39, 0.29) is 0 Å². The Morgan fingerprint density at radius 2 is 2.25 bits per heavy atom. The van der Waals surface area contributed by atoms with Gasteiger partial charge in [0.15, 0.2) is 0 Å². The van der Waals surface area contributed by atoms with Crippen molar-refractivity contribution in [3.05, 3.63) is 15.3 Å². The second-order valence-corrected chi connectivity index (χ2v) is 3.04. The van der Waals surface area contributed by atoms with Crippen LogP contribution in [0, 0.1) is 0 Å². The molecule has 0 saturated heterocycles. The van der Waals surface area contributed by atoms with Crippen LogP contribution in [0.1, 0.15) is 0 Å². The van der Waals surface area contributed by atoms with E-state index in [1.807, 2.05) is 13.1 Å². The van der Waals surface area contributed by atoms with Crippen LogP contribution in [0.15, 0.2) is 15.3 Å². The van der Waals surface area contributed by atoms with Crippen molar-refractivity contribution in [2.75, 3.05) is 0 Å². The Hall–Kier alpha value is 0.170. The normalized spacial score (nSPS) is 9.88. The molecule has 0 amide bonds. The van der Waals surface area contributed by atoms with Crippen molar-refractivity contribution in [2.24, 2.45) is 7.05 Å². The summed E-state index contributed by atoms with van der Waals surface area (Å²) in [6.45, 7) is 0. The third kappa shape index (κ3) is 1.11. The van der Waals surface area contributed by atoms with E-state index < -0.39 is 0 Å². The zero-order valence-electron chi connectivity index (χ0n) is 4.23. The van der Waals surface area contributed by atoms with Crippen molar-refractivity contribution >= 4 is 31.9 Å². The Morgan fingerprint density at radius 3 is 2.38 bits per heavy atom. The molecular formula is C4H4Br2N2. The Bertz CT molecular complexity index is 174. The zero-order chi connectivity index (χ0) is 6.15. The first-order valence-corrected chi connectivity index (χ1v) is 3.64. The maximum Gasteiger partial charge on any atom is 0.129 e. The molecule has 1 rings (SSSR count). The fraction of sp³-hybridized carbons (Fsp3) is 0.250. The molecule has 0 aliphatic heterocycles. The van der Waals surface area contributed by atoms with Gasteiger partial charge < -0.3 is 0 Å². The van der Waals surface area contributed by atoms with Gasteiger partial charge in [-0.2, -0.15) is 5.10 Å². The molecule has 0 unspecified atom stereocenters. The number of aromatic nitrogens is 2. The summed E-state index contributed by atoms with van der Waals surface area (Å²) in [6.07, 6.45) is 0. The molecule has 0 fully saturated rings. The Kier molecular flexibility index (Phi) is 1.72. The Labute approximate surface area is 64.1 Å². The topological polar surface area (TPSA) is 17.8 Å². The average molecular weight is 240 g/mol. The third-order valence-corrected chi connectivity index (χ3v) is 1.92. The van der Waals surface area contributed by atoms with Crippen LogP contribution in [0.3, 0.4) is 0 Å². The van der Waals surface area contributed by atoms with E-state index in [4.69, 9.17) is 0 Å². The van der Waals surface area contributed by atoms with Crippen LogP contribution < -0.4 is 0 Å². The second-order valence-electron chi connectivity index (χ2n) is 1.41. The summed E-state index contributed by atoms with van der Waals surface area (Å²) in [7, 11) is 1.87. The maximum absolute atomic E-state index is 4.00. The van der Waals surface area contributed by atoms with Crippen LogP contribution in [0.4, 0.5) is 0 Å². The smallest absolute Gasteiger partial charge is 0.129 e. The molecule has 1 aromatic heterocycles. The summed E-state index contributed by atoms with van der Waals surface area (Å²) in [4.78, 5) is 0. The van der Waals surface area contributed by atoms with Gasteiger partial charge >= 0.3 is 0 Å². The van der Waals surface area contributed by atoms with Crippen LogP contribution >= 0.6 is 31.9 Å². The molecule has 8 heavy (non-hydrogen) atoms. The maximum atomic E-state index is 4.00. The lowest BCUT2D eigenvalue weighted by Gasteiger charge is -1.85. The molecule has 0 saturated carbocycles. The lowest BCUT2D eigenvalue weighted by molar-refractivity contribution is 0.743. The first-order valence-electron chi connectivity index (χ1n) is 2.05. The summed E-state index contributed by atoms with van der Waals surface area (Å²) in [6, 6.07) is 1.89. The minimum atomic E-state index is 0.854. The van der Waals surface area contributed by atoms with Crippen LogP contribution in [0.25, 0.3) is 0 Å². The van der Waals surface area contributed by atoms with Gasteiger partial charge in [-0.05, 0) is 31.9 Å². The highest BCUT2D eigenvalue weighted by Gasteiger charge is 1.95. The molecule has 0 bridgehead atoms. The highest BCUT2D eigenvalue weighted by molar-refractivity contribution is 9.11. The Balaban J connectivity index is 3.14. The van der Waals surface area contributed by atoms with Gasteiger partial charge in [0.25, 0.3) is 0 Å². The zero-order valence-corrected chi connectivity index (χ0v) is 7.40. The number of aryl methyl sites for hydroxylation is 1. The minimum absolute atomic E-state index is 0.854. The molecule has 2 nitrogen and oxygen atoms in total. The van der Waals surface area contributed by atoms with Gasteiger partial charge in [-0.3, -0.25) is 4.68 Å². The van der Waals surface area contributed by atoms with Crippen LogP contribution in [-0.4, -0.2) is 9.78 Å². The summed E-state index contributed by atoms with van der Waals surface area (Å²) < 4.78 is 3.57. The van der Waals surface area contributed by atoms with Crippen LogP contribution in [-0.2, 0) is 7.05 Å². The molecule has 0 N–H and O–H groups in total. The Morgan fingerprint density at radius 1 is 1.62 bits per heavy atom. The summed E-state index contributed by atoms with van der Waals surface area (Å²) >= 11 is 6.51. The van der Waals surface area contributed by atoms with E-state index >= 15 is 0 Å². The van der Waals surface area contributed by atoms with Crippen molar-refractivity contribution in [3.8, 4) is 0 Å². The van der Waals surface area contributed by atoms with Crippen molar-refractivity contribution in [3.63, 3.8) is 0 Å². The van der Waals surface area contributed by atoms with E-state index in [1.165, 1.54) is 0 Å². The highest BCUT2D eigenvalue weighted by Crippen LogP contribution is 2.13. The summed E-state index contributed by atoms with van der Waals surface area (Å²) in [5, 5.41) is 4.00. The minimum Gasteiger partial charge on any atom is -0.260 e. The molecule has 0 spiro atoms. The standard InChI is InChI=1S/C4H4Br2N2/c1-8-4(6)2-3(5)7-8/h2H,1H3. The quantitative estimate of drug-likeness (QED) is 0.677. The molecule has 1 heterocycles. The van der Waals surface area contributed by atoms with E-state index in [2.05, 4.69) is 37.0 Å². The number of halogens is 2.